The van der Waals surface area contributed by atoms with E-state index in [1.807, 2.05) is 17.0 Å². The Kier molecular flexibility index (Phi) is 6.77. The van der Waals surface area contributed by atoms with Crippen molar-refractivity contribution in [2.24, 2.45) is 4.99 Å². The Morgan fingerprint density at radius 2 is 2.20 bits per heavy atom. The molecule has 2 fully saturated rings. The van der Waals surface area contributed by atoms with Crippen molar-refractivity contribution in [1.82, 2.24) is 15.5 Å². The molecule has 6 heteroatoms. The summed E-state index contributed by atoms with van der Waals surface area (Å²) in [6.45, 7) is 3.28. The lowest BCUT2D eigenvalue weighted by atomic mass is 10.2. The third-order valence-electron chi connectivity index (χ3n) is 4.97. The van der Waals surface area contributed by atoms with Crippen LogP contribution < -0.4 is 10.6 Å². The molecule has 2 aliphatic rings. The van der Waals surface area contributed by atoms with Crippen molar-refractivity contribution >= 4 is 11.9 Å². The number of amides is 1. The molecule has 25 heavy (non-hydrogen) atoms. The molecule has 2 N–H and O–H groups in total. The van der Waals surface area contributed by atoms with E-state index in [0.717, 1.165) is 57.2 Å². The molecule has 0 bridgehead atoms. The Hall–Kier alpha value is -1.98. The summed E-state index contributed by atoms with van der Waals surface area (Å²) in [5, 5.41) is 6.98. The Morgan fingerprint density at radius 1 is 1.32 bits per heavy atom. The van der Waals surface area contributed by atoms with Crippen LogP contribution in [0.2, 0.25) is 0 Å². The molecule has 0 atom stereocenters. The van der Waals surface area contributed by atoms with Crippen LogP contribution in [0, 0.1) is 0 Å². The number of nitrogens with one attached hydrogen (secondary N) is 2. The van der Waals surface area contributed by atoms with Crippen molar-refractivity contribution in [2.75, 3.05) is 26.2 Å². The molecule has 0 spiro atoms. The van der Waals surface area contributed by atoms with Gasteiger partial charge < -0.3 is 20.0 Å². The zero-order valence-corrected chi connectivity index (χ0v) is 15.0. The maximum Gasteiger partial charge on any atom is 0.222 e. The van der Waals surface area contributed by atoms with Gasteiger partial charge >= 0.3 is 0 Å². The van der Waals surface area contributed by atoms with E-state index in [4.69, 9.17) is 9.41 Å². The van der Waals surface area contributed by atoms with Crippen LogP contribution in [0.5, 0.6) is 0 Å². The maximum absolute atomic E-state index is 11.6. The molecule has 2 heterocycles. The van der Waals surface area contributed by atoms with E-state index in [2.05, 4.69) is 10.6 Å². The molecular weight excluding hydrogens is 316 g/mol. The largest absolute Gasteiger partial charge is 0.469 e. The molecule has 1 saturated carbocycles. The summed E-state index contributed by atoms with van der Waals surface area (Å²) in [6.07, 6.45) is 10.2. The third kappa shape index (κ3) is 5.80. The van der Waals surface area contributed by atoms with Gasteiger partial charge in [0.25, 0.3) is 0 Å². The summed E-state index contributed by atoms with van der Waals surface area (Å²) < 4.78 is 5.38. The second-order valence-electron chi connectivity index (χ2n) is 6.95. The summed E-state index contributed by atoms with van der Waals surface area (Å²) in [4.78, 5) is 18.3. The number of likely N-dealkylation sites (tertiary alicyclic amines) is 1. The third-order valence-corrected chi connectivity index (χ3v) is 4.97. The van der Waals surface area contributed by atoms with Crippen molar-refractivity contribution in [3.05, 3.63) is 24.2 Å². The summed E-state index contributed by atoms with van der Waals surface area (Å²) in [7, 11) is 0. The number of aliphatic imine (C=N–C) groups is 1. The molecule has 6 nitrogen and oxygen atoms in total. The lowest BCUT2D eigenvalue weighted by Crippen LogP contribution is -2.43. The molecule has 1 aromatic heterocycles. The average Bonchev–Trinajstić information content (AvgIpc) is 3.35. The van der Waals surface area contributed by atoms with Crippen molar-refractivity contribution < 1.29 is 9.21 Å². The molecule has 1 aliphatic heterocycles. The van der Waals surface area contributed by atoms with Crippen molar-refractivity contribution in [3.8, 4) is 0 Å². The quantitative estimate of drug-likeness (QED) is 0.430. The van der Waals surface area contributed by atoms with Gasteiger partial charge in [-0.3, -0.25) is 9.79 Å². The van der Waals surface area contributed by atoms with Crippen LogP contribution in [0.4, 0.5) is 0 Å². The van der Waals surface area contributed by atoms with Gasteiger partial charge in [0.05, 0.1) is 6.26 Å². The van der Waals surface area contributed by atoms with E-state index < -0.39 is 0 Å². The van der Waals surface area contributed by atoms with Crippen LogP contribution in [0.25, 0.3) is 0 Å². The van der Waals surface area contributed by atoms with Gasteiger partial charge in [0.1, 0.15) is 5.76 Å². The molecule has 1 saturated heterocycles. The standard InChI is InChI=1S/C19H30N4O2/c24-18-9-3-13-23(18)14-5-11-20-19(22-16-6-1-2-7-16)21-12-10-17-8-4-15-25-17/h4,8,15-16H,1-3,5-7,9-14H2,(H2,20,21,22). The predicted octanol–water partition coefficient (Wildman–Crippen LogP) is 2.31. The number of nitrogens with zero attached hydrogens (tertiary/aromatic N) is 2. The van der Waals surface area contributed by atoms with Crippen LogP contribution >= 0.6 is 0 Å². The van der Waals surface area contributed by atoms with E-state index in [0.29, 0.717) is 18.4 Å². The molecule has 1 aliphatic carbocycles. The average molecular weight is 346 g/mol. The fraction of sp³-hybridized carbons (Fsp3) is 0.684. The summed E-state index contributed by atoms with van der Waals surface area (Å²) in [5.74, 6) is 2.18. The van der Waals surface area contributed by atoms with Crippen molar-refractivity contribution in [2.45, 2.75) is 57.4 Å². The lowest BCUT2D eigenvalue weighted by Gasteiger charge is -2.18. The van der Waals surface area contributed by atoms with E-state index in [1.165, 1.54) is 25.7 Å². The minimum absolute atomic E-state index is 0.296. The van der Waals surface area contributed by atoms with Gasteiger partial charge in [-0.1, -0.05) is 12.8 Å². The molecule has 0 unspecified atom stereocenters. The van der Waals surface area contributed by atoms with Gasteiger partial charge in [-0.25, -0.2) is 0 Å². The second kappa shape index (κ2) is 9.49. The predicted molar refractivity (Wildman–Crippen MR) is 98.5 cm³/mol. The van der Waals surface area contributed by atoms with Crippen LogP contribution in [0.3, 0.4) is 0 Å². The Morgan fingerprint density at radius 3 is 2.92 bits per heavy atom. The van der Waals surface area contributed by atoms with Gasteiger partial charge in [0.2, 0.25) is 5.91 Å². The lowest BCUT2D eigenvalue weighted by molar-refractivity contribution is -0.127. The number of hydrogen-bond donors (Lipinski definition) is 2. The van der Waals surface area contributed by atoms with Crippen LogP contribution in [0.15, 0.2) is 27.8 Å². The SMILES string of the molecule is O=C1CCCN1CCCN=C(NCCc1ccco1)NC1CCCC1. The fourth-order valence-electron chi connectivity index (χ4n) is 3.57. The number of rotatable bonds is 8. The van der Waals surface area contributed by atoms with Gasteiger partial charge in [0, 0.05) is 45.1 Å². The zero-order chi connectivity index (χ0) is 17.3. The zero-order valence-electron chi connectivity index (χ0n) is 15.0. The molecule has 138 valence electrons. The molecule has 0 radical (unpaired) electrons. The highest BCUT2D eigenvalue weighted by Gasteiger charge is 2.19. The second-order valence-corrected chi connectivity index (χ2v) is 6.95. The number of carbonyl (C=O) groups is 1. The first-order chi connectivity index (χ1) is 12.3. The Bertz CT molecular complexity index is 550. The number of guanidine groups is 1. The minimum atomic E-state index is 0.296. The molecule has 1 amide bonds. The molecule has 0 aromatic carbocycles. The number of carbonyl (C=O) groups excluding carboxylic acids is 1. The first kappa shape index (κ1) is 17.8. The first-order valence-corrected chi connectivity index (χ1v) is 9.66. The van der Waals surface area contributed by atoms with E-state index in [-0.39, 0.29) is 0 Å². The Balaban J connectivity index is 1.43. The fourth-order valence-corrected chi connectivity index (χ4v) is 3.57. The molecule has 1 aromatic rings. The van der Waals surface area contributed by atoms with Gasteiger partial charge in [-0.05, 0) is 37.8 Å². The number of furan rings is 1. The monoisotopic (exact) mass is 346 g/mol. The van der Waals surface area contributed by atoms with Gasteiger partial charge in [-0.2, -0.15) is 0 Å². The Labute approximate surface area is 150 Å². The maximum atomic E-state index is 11.6. The van der Waals surface area contributed by atoms with Crippen LogP contribution in [-0.4, -0.2) is 49.0 Å². The first-order valence-electron chi connectivity index (χ1n) is 9.66. The molecule has 3 rings (SSSR count). The van der Waals surface area contributed by atoms with Crippen molar-refractivity contribution in [1.29, 1.82) is 0 Å². The van der Waals surface area contributed by atoms with Gasteiger partial charge in [0.15, 0.2) is 5.96 Å². The summed E-state index contributed by atoms with van der Waals surface area (Å²) in [5.41, 5.74) is 0. The summed E-state index contributed by atoms with van der Waals surface area (Å²) in [6, 6.07) is 4.45. The number of hydrogen-bond acceptors (Lipinski definition) is 3. The van der Waals surface area contributed by atoms with E-state index in [1.54, 1.807) is 6.26 Å². The minimum Gasteiger partial charge on any atom is -0.469 e. The highest BCUT2D eigenvalue weighted by atomic mass is 16.3. The highest BCUT2D eigenvalue weighted by Crippen LogP contribution is 2.17. The van der Waals surface area contributed by atoms with Crippen molar-refractivity contribution in [3.63, 3.8) is 0 Å². The normalized spacial score (nSPS) is 19.0. The van der Waals surface area contributed by atoms with E-state index >= 15 is 0 Å². The smallest absolute Gasteiger partial charge is 0.222 e. The van der Waals surface area contributed by atoms with Crippen LogP contribution in [-0.2, 0) is 11.2 Å². The van der Waals surface area contributed by atoms with E-state index in [9.17, 15) is 4.79 Å². The topological polar surface area (TPSA) is 69.9 Å². The highest BCUT2D eigenvalue weighted by molar-refractivity contribution is 5.80. The van der Waals surface area contributed by atoms with Gasteiger partial charge in [-0.15, -0.1) is 0 Å². The molecular formula is C19H30N4O2. The summed E-state index contributed by atoms with van der Waals surface area (Å²) >= 11 is 0. The van der Waals surface area contributed by atoms with Crippen LogP contribution in [0.1, 0.15) is 50.7 Å².